The third-order valence-electron chi connectivity index (χ3n) is 3.49. The Bertz CT molecular complexity index is 453. The first-order valence-corrected chi connectivity index (χ1v) is 6.54. The van der Waals surface area contributed by atoms with Crippen molar-refractivity contribution in [3.63, 3.8) is 0 Å². The van der Waals surface area contributed by atoms with Crippen LogP contribution in [0, 0.1) is 0 Å². The van der Waals surface area contributed by atoms with Gasteiger partial charge in [0, 0.05) is 18.7 Å². The maximum atomic E-state index is 10.4. The first-order valence-electron chi connectivity index (χ1n) is 6.54. The van der Waals surface area contributed by atoms with E-state index in [2.05, 4.69) is 4.90 Å². The number of hydrogen-bond acceptors (Lipinski definition) is 3. The van der Waals surface area contributed by atoms with Gasteiger partial charge in [-0.1, -0.05) is 24.3 Å². The summed E-state index contributed by atoms with van der Waals surface area (Å²) in [5, 5.41) is 17.8. The van der Waals surface area contributed by atoms with Gasteiger partial charge in [-0.25, -0.2) is 4.79 Å². The molecule has 1 unspecified atom stereocenters. The summed E-state index contributed by atoms with van der Waals surface area (Å²) < 4.78 is 0. The maximum Gasteiger partial charge on any atom is 0.328 e. The van der Waals surface area contributed by atoms with Gasteiger partial charge in [0.2, 0.25) is 0 Å². The second-order valence-corrected chi connectivity index (χ2v) is 4.86. The molecule has 0 radical (unpaired) electrons. The van der Waals surface area contributed by atoms with Crippen LogP contribution in [0.5, 0.6) is 0 Å². The number of rotatable bonds is 5. The number of aliphatic carboxylic acids is 1. The van der Waals surface area contributed by atoms with E-state index in [1.165, 1.54) is 5.56 Å². The molecule has 1 atom stereocenters. The quantitative estimate of drug-likeness (QED) is 0.793. The average Bonchev–Trinajstić information content (AvgIpc) is 2.85. The molecule has 1 aromatic rings. The Morgan fingerprint density at radius 2 is 2.11 bits per heavy atom. The molecule has 1 aliphatic heterocycles. The lowest BCUT2D eigenvalue weighted by Crippen LogP contribution is -2.31. The van der Waals surface area contributed by atoms with Crippen LogP contribution in [-0.4, -0.2) is 40.3 Å². The number of aliphatic hydroxyl groups is 1. The van der Waals surface area contributed by atoms with E-state index in [4.69, 9.17) is 5.11 Å². The van der Waals surface area contributed by atoms with Crippen LogP contribution in [-0.2, 0) is 11.3 Å². The Balaban J connectivity index is 1.97. The third kappa shape index (κ3) is 3.91. The van der Waals surface area contributed by atoms with Crippen molar-refractivity contribution in [1.82, 2.24) is 4.90 Å². The Morgan fingerprint density at radius 1 is 1.37 bits per heavy atom. The fourth-order valence-corrected chi connectivity index (χ4v) is 2.45. The van der Waals surface area contributed by atoms with Gasteiger partial charge in [-0.15, -0.1) is 0 Å². The Hall–Kier alpha value is -1.65. The van der Waals surface area contributed by atoms with E-state index < -0.39 is 5.97 Å². The van der Waals surface area contributed by atoms with Gasteiger partial charge in [-0.3, -0.25) is 4.90 Å². The summed E-state index contributed by atoms with van der Waals surface area (Å²) >= 11 is 0. The summed E-state index contributed by atoms with van der Waals surface area (Å²) in [7, 11) is 0. The van der Waals surface area contributed by atoms with E-state index in [0.29, 0.717) is 0 Å². The number of likely N-dealkylation sites (tertiary alicyclic amines) is 1. The monoisotopic (exact) mass is 261 g/mol. The van der Waals surface area contributed by atoms with E-state index in [0.717, 1.165) is 37.6 Å². The van der Waals surface area contributed by atoms with Crippen LogP contribution >= 0.6 is 0 Å². The highest BCUT2D eigenvalue weighted by atomic mass is 16.4. The van der Waals surface area contributed by atoms with Crippen LogP contribution in [0.3, 0.4) is 0 Å². The zero-order valence-electron chi connectivity index (χ0n) is 10.8. The zero-order chi connectivity index (χ0) is 13.7. The molecule has 1 saturated heterocycles. The lowest BCUT2D eigenvalue weighted by molar-refractivity contribution is -0.131. The molecule has 0 amide bonds. The molecular weight excluding hydrogens is 242 g/mol. The van der Waals surface area contributed by atoms with Crippen molar-refractivity contribution >= 4 is 12.0 Å². The van der Waals surface area contributed by atoms with Gasteiger partial charge < -0.3 is 10.2 Å². The smallest absolute Gasteiger partial charge is 0.328 e. The standard InChI is InChI=1S/C15H19NO3/c17-11-14-2-1-9-16(14)10-13-5-3-12(4-6-13)7-8-15(18)19/h3-8,14,17H,1-2,9-11H2,(H,18,19)/b8-7+. The summed E-state index contributed by atoms with van der Waals surface area (Å²) in [4.78, 5) is 12.7. The highest BCUT2D eigenvalue weighted by molar-refractivity contribution is 5.85. The number of carboxylic acid groups (broad SMARTS) is 1. The molecule has 0 spiro atoms. The van der Waals surface area contributed by atoms with Gasteiger partial charge in [-0.05, 0) is 36.6 Å². The fourth-order valence-electron chi connectivity index (χ4n) is 2.45. The van der Waals surface area contributed by atoms with Gasteiger partial charge in [0.05, 0.1) is 6.61 Å². The van der Waals surface area contributed by atoms with Crippen LogP contribution in [0.25, 0.3) is 6.08 Å². The molecule has 19 heavy (non-hydrogen) atoms. The van der Waals surface area contributed by atoms with Crippen molar-refractivity contribution < 1.29 is 15.0 Å². The summed E-state index contributed by atoms with van der Waals surface area (Å²) in [6.45, 7) is 2.10. The molecule has 2 N–H and O–H groups in total. The van der Waals surface area contributed by atoms with Gasteiger partial charge in [-0.2, -0.15) is 0 Å². The molecule has 1 heterocycles. The molecule has 0 bridgehead atoms. The predicted molar refractivity (Wildman–Crippen MR) is 73.6 cm³/mol. The van der Waals surface area contributed by atoms with Crippen LogP contribution < -0.4 is 0 Å². The Labute approximate surface area is 113 Å². The van der Waals surface area contributed by atoms with Crippen molar-refractivity contribution in [3.05, 3.63) is 41.5 Å². The SMILES string of the molecule is O=C(O)/C=C/c1ccc(CN2CCCC2CO)cc1. The number of aliphatic hydroxyl groups excluding tert-OH is 1. The van der Waals surface area contributed by atoms with Crippen molar-refractivity contribution in [2.75, 3.05) is 13.2 Å². The molecular formula is C15H19NO3. The summed E-state index contributed by atoms with van der Waals surface area (Å²) in [6, 6.07) is 8.13. The molecule has 2 rings (SSSR count). The van der Waals surface area contributed by atoms with Gasteiger partial charge in [0.1, 0.15) is 0 Å². The highest BCUT2D eigenvalue weighted by Crippen LogP contribution is 2.19. The molecule has 4 nitrogen and oxygen atoms in total. The van der Waals surface area contributed by atoms with Crippen LogP contribution in [0.15, 0.2) is 30.3 Å². The summed E-state index contributed by atoms with van der Waals surface area (Å²) in [5.41, 5.74) is 2.07. The highest BCUT2D eigenvalue weighted by Gasteiger charge is 2.23. The van der Waals surface area contributed by atoms with Crippen LogP contribution in [0.1, 0.15) is 24.0 Å². The second kappa shape index (κ2) is 6.50. The molecule has 4 heteroatoms. The largest absolute Gasteiger partial charge is 0.478 e. The van der Waals surface area contributed by atoms with Gasteiger partial charge in [0.25, 0.3) is 0 Å². The summed E-state index contributed by atoms with van der Waals surface area (Å²) in [5.74, 6) is -0.938. The number of hydrogen-bond donors (Lipinski definition) is 2. The minimum atomic E-state index is -0.938. The summed E-state index contributed by atoms with van der Waals surface area (Å²) in [6.07, 6.45) is 4.93. The van der Waals surface area contributed by atoms with Crippen LogP contribution in [0.2, 0.25) is 0 Å². The van der Waals surface area contributed by atoms with E-state index in [9.17, 15) is 9.90 Å². The number of carbonyl (C=O) groups is 1. The first kappa shape index (κ1) is 13.8. The van der Waals surface area contributed by atoms with Crippen molar-refractivity contribution in [1.29, 1.82) is 0 Å². The van der Waals surface area contributed by atoms with Crippen molar-refractivity contribution in [2.45, 2.75) is 25.4 Å². The zero-order valence-corrected chi connectivity index (χ0v) is 10.8. The number of carboxylic acids is 1. The molecule has 1 fully saturated rings. The number of benzene rings is 1. The Kier molecular flexibility index (Phi) is 4.71. The van der Waals surface area contributed by atoms with E-state index in [-0.39, 0.29) is 12.6 Å². The van der Waals surface area contributed by atoms with E-state index in [1.807, 2.05) is 24.3 Å². The number of nitrogens with zero attached hydrogens (tertiary/aromatic N) is 1. The lowest BCUT2D eigenvalue weighted by atomic mass is 10.1. The Morgan fingerprint density at radius 3 is 2.74 bits per heavy atom. The third-order valence-corrected chi connectivity index (χ3v) is 3.49. The predicted octanol–water partition coefficient (Wildman–Crippen LogP) is 1.74. The second-order valence-electron chi connectivity index (χ2n) is 4.86. The molecule has 1 aliphatic rings. The lowest BCUT2D eigenvalue weighted by Gasteiger charge is -2.22. The minimum Gasteiger partial charge on any atom is -0.478 e. The average molecular weight is 261 g/mol. The van der Waals surface area contributed by atoms with E-state index in [1.54, 1.807) is 6.08 Å². The van der Waals surface area contributed by atoms with Gasteiger partial charge >= 0.3 is 5.97 Å². The molecule has 0 aliphatic carbocycles. The van der Waals surface area contributed by atoms with Crippen molar-refractivity contribution in [3.8, 4) is 0 Å². The molecule has 102 valence electrons. The minimum absolute atomic E-state index is 0.222. The fraction of sp³-hybridized carbons (Fsp3) is 0.400. The molecule has 0 saturated carbocycles. The molecule has 0 aromatic heterocycles. The van der Waals surface area contributed by atoms with Crippen LogP contribution in [0.4, 0.5) is 0 Å². The van der Waals surface area contributed by atoms with Crippen molar-refractivity contribution in [2.24, 2.45) is 0 Å². The normalized spacial score (nSPS) is 20.2. The van der Waals surface area contributed by atoms with E-state index >= 15 is 0 Å². The molecule has 1 aromatic carbocycles. The topological polar surface area (TPSA) is 60.8 Å². The van der Waals surface area contributed by atoms with Gasteiger partial charge in [0.15, 0.2) is 0 Å². The maximum absolute atomic E-state index is 10.4. The first-order chi connectivity index (χ1) is 9.19.